The zero-order chi connectivity index (χ0) is 14.0. The lowest BCUT2D eigenvalue weighted by Crippen LogP contribution is -2.34. The first-order valence-corrected chi connectivity index (χ1v) is 8.12. The molecule has 0 atom stereocenters. The smallest absolute Gasteiger partial charge is 0.259 e. The Morgan fingerprint density at radius 2 is 2.05 bits per heavy atom. The van der Waals surface area contributed by atoms with E-state index in [0.717, 1.165) is 25.7 Å². The molecule has 108 valence electrons. The molecule has 1 heterocycles. The van der Waals surface area contributed by atoms with Crippen molar-refractivity contribution in [3.05, 3.63) is 12.0 Å². The van der Waals surface area contributed by atoms with Crippen molar-refractivity contribution in [3.63, 3.8) is 0 Å². The Bertz CT molecular complexity index is 510. The van der Waals surface area contributed by atoms with Gasteiger partial charge in [0.15, 0.2) is 5.03 Å². The SMILES string of the molecule is Cc1nc(S(=O)(=O)NCC2CCC(N)CC2)cn1C. The molecule has 0 amide bonds. The van der Waals surface area contributed by atoms with Crippen molar-refractivity contribution in [2.24, 2.45) is 18.7 Å². The van der Waals surface area contributed by atoms with E-state index in [4.69, 9.17) is 5.73 Å². The van der Waals surface area contributed by atoms with Gasteiger partial charge in [-0.15, -0.1) is 0 Å². The number of nitrogens with zero attached hydrogens (tertiary/aromatic N) is 2. The average molecular weight is 286 g/mol. The number of sulfonamides is 1. The van der Waals surface area contributed by atoms with Gasteiger partial charge < -0.3 is 10.3 Å². The van der Waals surface area contributed by atoms with Gasteiger partial charge in [-0.2, -0.15) is 0 Å². The molecule has 0 aromatic carbocycles. The summed E-state index contributed by atoms with van der Waals surface area (Å²) in [4.78, 5) is 4.05. The first-order chi connectivity index (χ1) is 8.88. The lowest BCUT2D eigenvalue weighted by atomic mass is 9.87. The molecule has 0 saturated heterocycles. The molecule has 1 aromatic rings. The third-order valence-electron chi connectivity index (χ3n) is 3.82. The minimum Gasteiger partial charge on any atom is -0.337 e. The van der Waals surface area contributed by atoms with Crippen LogP contribution in [0.5, 0.6) is 0 Å². The molecular formula is C12H22N4O2S. The summed E-state index contributed by atoms with van der Waals surface area (Å²) in [6, 6.07) is 0.284. The summed E-state index contributed by atoms with van der Waals surface area (Å²) < 4.78 is 28.5. The van der Waals surface area contributed by atoms with Crippen LogP contribution in [0.4, 0.5) is 0 Å². The first kappa shape index (κ1) is 14.5. The van der Waals surface area contributed by atoms with Crippen molar-refractivity contribution in [1.82, 2.24) is 14.3 Å². The molecule has 1 aromatic heterocycles. The van der Waals surface area contributed by atoms with Gasteiger partial charge in [-0.3, -0.25) is 0 Å². The molecule has 0 radical (unpaired) electrons. The van der Waals surface area contributed by atoms with Crippen LogP contribution < -0.4 is 10.5 Å². The maximum Gasteiger partial charge on any atom is 0.259 e. The van der Waals surface area contributed by atoms with Crippen molar-refractivity contribution in [3.8, 4) is 0 Å². The summed E-state index contributed by atoms with van der Waals surface area (Å²) in [7, 11) is -1.71. The Morgan fingerprint density at radius 3 is 2.58 bits per heavy atom. The fourth-order valence-electron chi connectivity index (χ4n) is 2.35. The van der Waals surface area contributed by atoms with E-state index in [0.29, 0.717) is 18.3 Å². The van der Waals surface area contributed by atoms with E-state index in [1.807, 2.05) is 0 Å². The number of hydrogen-bond acceptors (Lipinski definition) is 4. The quantitative estimate of drug-likeness (QED) is 0.844. The molecule has 1 saturated carbocycles. The minimum absolute atomic E-state index is 0.0972. The van der Waals surface area contributed by atoms with Crippen LogP contribution in [-0.4, -0.2) is 30.6 Å². The summed E-state index contributed by atoms with van der Waals surface area (Å²) in [5.41, 5.74) is 5.84. The molecule has 6 nitrogen and oxygen atoms in total. The molecule has 3 N–H and O–H groups in total. The lowest BCUT2D eigenvalue weighted by Gasteiger charge is -2.25. The molecule has 2 rings (SSSR count). The monoisotopic (exact) mass is 286 g/mol. The average Bonchev–Trinajstić information content (AvgIpc) is 2.70. The Morgan fingerprint density at radius 1 is 1.42 bits per heavy atom. The second-order valence-electron chi connectivity index (χ2n) is 5.37. The van der Waals surface area contributed by atoms with E-state index >= 15 is 0 Å². The number of nitrogens with two attached hydrogens (primary N) is 1. The first-order valence-electron chi connectivity index (χ1n) is 6.63. The lowest BCUT2D eigenvalue weighted by molar-refractivity contribution is 0.326. The van der Waals surface area contributed by atoms with Crippen LogP contribution in [0.3, 0.4) is 0 Å². The van der Waals surface area contributed by atoms with Crippen molar-refractivity contribution >= 4 is 10.0 Å². The predicted octanol–water partition coefficient (Wildman–Crippen LogP) is 0.524. The zero-order valence-corrected chi connectivity index (χ0v) is 12.3. The van der Waals surface area contributed by atoms with Crippen LogP contribution in [0, 0.1) is 12.8 Å². The highest BCUT2D eigenvalue weighted by Gasteiger charge is 2.23. The van der Waals surface area contributed by atoms with Gasteiger partial charge in [-0.05, 0) is 38.5 Å². The van der Waals surface area contributed by atoms with Gasteiger partial charge in [-0.1, -0.05) is 0 Å². The van der Waals surface area contributed by atoms with E-state index in [9.17, 15) is 8.42 Å². The van der Waals surface area contributed by atoms with Crippen molar-refractivity contribution < 1.29 is 8.42 Å². The van der Waals surface area contributed by atoms with Gasteiger partial charge in [0.25, 0.3) is 10.0 Å². The zero-order valence-electron chi connectivity index (χ0n) is 11.5. The van der Waals surface area contributed by atoms with E-state index in [1.165, 1.54) is 6.20 Å². The fourth-order valence-corrected chi connectivity index (χ4v) is 3.50. The normalized spacial score (nSPS) is 24.6. The third-order valence-corrected chi connectivity index (χ3v) is 5.11. The van der Waals surface area contributed by atoms with Crippen molar-refractivity contribution in [1.29, 1.82) is 0 Å². The standard InChI is InChI=1S/C12H22N4O2S/c1-9-15-12(8-16(9)2)19(17,18)14-7-10-3-5-11(13)6-4-10/h8,10-11,14H,3-7,13H2,1-2H3. The largest absolute Gasteiger partial charge is 0.337 e. The summed E-state index contributed by atoms with van der Waals surface area (Å²) in [5, 5.41) is 0.0972. The van der Waals surface area contributed by atoms with Crippen LogP contribution >= 0.6 is 0 Å². The van der Waals surface area contributed by atoms with Gasteiger partial charge >= 0.3 is 0 Å². The number of imidazole rings is 1. The molecule has 0 spiro atoms. The van der Waals surface area contributed by atoms with Crippen LogP contribution in [0.1, 0.15) is 31.5 Å². The second-order valence-corrected chi connectivity index (χ2v) is 7.08. The minimum atomic E-state index is -3.49. The summed E-state index contributed by atoms with van der Waals surface area (Å²) in [6.07, 6.45) is 5.48. The second kappa shape index (κ2) is 5.60. The number of rotatable bonds is 4. The van der Waals surface area contributed by atoms with Gasteiger partial charge in [-0.25, -0.2) is 18.1 Å². The van der Waals surface area contributed by atoms with E-state index in [1.54, 1.807) is 18.5 Å². The topological polar surface area (TPSA) is 90.0 Å². The Balaban J connectivity index is 1.94. The molecular weight excluding hydrogens is 264 g/mol. The summed E-state index contributed by atoms with van der Waals surface area (Å²) in [6.45, 7) is 2.26. The van der Waals surface area contributed by atoms with Crippen LogP contribution in [0.2, 0.25) is 0 Å². The highest BCUT2D eigenvalue weighted by atomic mass is 32.2. The number of aryl methyl sites for hydroxylation is 2. The van der Waals surface area contributed by atoms with Crippen molar-refractivity contribution in [2.45, 2.75) is 43.7 Å². The molecule has 0 aliphatic heterocycles. The fraction of sp³-hybridized carbons (Fsp3) is 0.750. The van der Waals surface area contributed by atoms with Crippen LogP contribution in [0.15, 0.2) is 11.2 Å². The maximum atomic E-state index is 12.1. The maximum absolute atomic E-state index is 12.1. The number of nitrogens with one attached hydrogen (secondary N) is 1. The molecule has 1 aliphatic rings. The van der Waals surface area contributed by atoms with E-state index in [2.05, 4.69) is 9.71 Å². The number of hydrogen-bond donors (Lipinski definition) is 2. The molecule has 0 unspecified atom stereocenters. The Kier molecular flexibility index (Phi) is 4.27. The highest BCUT2D eigenvalue weighted by molar-refractivity contribution is 7.89. The molecule has 19 heavy (non-hydrogen) atoms. The van der Waals surface area contributed by atoms with Gasteiger partial charge in [0, 0.05) is 25.8 Å². The third kappa shape index (κ3) is 3.55. The van der Waals surface area contributed by atoms with Gasteiger partial charge in [0.05, 0.1) is 0 Å². The molecule has 1 fully saturated rings. The molecule has 0 bridgehead atoms. The summed E-state index contributed by atoms with van der Waals surface area (Å²) >= 11 is 0. The Labute approximate surface area is 114 Å². The van der Waals surface area contributed by atoms with Crippen LogP contribution in [-0.2, 0) is 17.1 Å². The van der Waals surface area contributed by atoms with Gasteiger partial charge in [0.2, 0.25) is 0 Å². The number of aromatic nitrogens is 2. The van der Waals surface area contributed by atoms with Crippen molar-refractivity contribution in [2.75, 3.05) is 6.54 Å². The highest BCUT2D eigenvalue weighted by Crippen LogP contribution is 2.22. The van der Waals surface area contributed by atoms with E-state index in [-0.39, 0.29) is 11.1 Å². The van der Waals surface area contributed by atoms with Crippen LogP contribution in [0.25, 0.3) is 0 Å². The molecule has 1 aliphatic carbocycles. The van der Waals surface area contributed by atoms with E-state index < -0.39 is 10.0 Å². The molecule has 7 heteroatoms. The summed E-state index contributed by atoms with van der Waals surface area (Å²) in [5.74, 6) is 1.07. The Hall–Kier alpha value is -0.920. The van der Waals surface area contributed by atoms with Gasteiger partial charge in [0.1, 0.15) is 5.82 Å². The predicted molar refractivity (Wildman–Crippen MR) is 73.1 cm³/mol.